The van der Waals surface area contributed by atoms with Crippen molar-refractivity contribution in [1.29, 1.82) is 0 Å². The number of carbonyl (C=O) groups is 2. The largest absolute Gasteiger partial charge is 0.548 e. The van der Waals surface area contributed by atoms with Gasteiger partial charge in [-0.25, -0.2) is 4.79 Å². The molecule has 1 amide bonds. The van der Waals surface area contributed by atoms with Gasteiger partial charge in [0.15, 0.2) is 6.61 Å². The molecule has 0 aliphatic carbocycles. The Morgan fingerprint density at radius 2 is 1.90 bits per heavy atom. The minimum atomic E-state index is -1.35. The van der Waals surface area contributed by atoms with Crippen molar-refractivity contribution in [2.24, 2.45) is 0 Å². The molecule has 162 valence electrons. The number of benzene rings is 2. The van der Waals surface area contributed by atoms with Crippen molar-refractivity contribution in [2.75, 3.05) is 12.4 Å². The molecule has 0 unspecified atom stereocenters. The van der Waals surface area contributed by atoms with Crippen molar-refractivity contribution in [3.63, 3.8) is 0 Å². The Bertz CT molecular complexity index is 1140. The Hall–Kier alpha value is -3.26. The Morgan fingerprint density at radius 3 is 2.61 bits per heavy atom. The number of carboxylic acid groups (broad SMARTS) is 1. The number of carboxylic acids is 1. The highest BCUT2D eigenvalue weighted by Crippen LogP contribution is 2.29. The van der Waals surface area contributed by atoms with Crippen molar-refractivity contribution in [3.8, 4) is 5.75 Å². The van der Waals surface area contributed by atoms with Crippen LogP contribution in [-0.4, -0.2) is 30.3 Å². The van der Waals surface area contributed by atoms with E-state index in [1.54, 1.807) is 19.1 Å². The molecule has 1 atom stereocenters. The summed E-state index contributed by atoms with van der Waals surface area (Å²) >= 11 is 1.39. The van der Waals surface area contributed by atoms with Gasteiger partial charge in [0.1, 0.15) is 11.3 Å². The van der Waals surface area contributed by atoms with Crippen LogP contribution in [0.2, 0.25) is 0 Å². The molecule has 0 aliphatic rings. The summed E-state index contributed by atoms with van der Waals surface area (Å²) in [6.45, 7) is 3.17. The summed E-state index contributed by atoms with van der Waals surface area (Å²) in [7, 11) is 0. The van der Waals surface area contributed by atoms with E-state index < -0.39 is 23.5 Å². The zero-order chi connectivity index (χ0) is 22.4. The van der Waals surface area contributed by atoms with E-state index in [0.717, 1.165) is 11.1 Å². The summed E-state index contributed by atoms with van der Waals surface area (Å²) in [6.07, 6.45) is 0. The molecule has 8 heteroatoms. The maximum Gasteiger partial charge on any atom is 0.336 e. The van der Waals surface area contributed by atoms with Crippen LogP contribution in [0.3, 0.4) is 0 Å². The fraction of sp³-hybridized carbons (Fsp3) is 0.261. The molecule has 1 aromatic heterocycles. The van der Waals surface area contributed by atoms with Crippen molar-refractivity contribution in [2.45, 2.75) is 25.6 Å². The lowest BCUT2D eigenvalue weighted by molar-refractivity contribution is -0.307. The van der Waals surface area contributed by atoms with Gasteiger partial charge in [-0.15, -0.1) is 0 Å². The molecule has 31 heavy (non-hydrogen) atoms. The number of thioether (sulfide) groups is 1. The Labute approximate surface area is 183 Å². The molecule has 0 radical (unpaired) electrons. The summed E-state index contributed by atoms with van der Waals surface area (Å²) in [5.74, 6) is -0.765. The molecule has 0 saturated carbocycles. The minimum absolute atomic E-state index is 0.167. The van der Waals surface area contributed by atoms with Gasteiger partial charge in [-0.05, 0) is 42.7 Å². The first-order valence-corrected chi connectivity index (χ1v) is 10.8. The van der Waals surface area contributed by atoms with Crippen LogP contribution in [0.1, 0.15) is 16.7 Å². The van der Waals surface area contributed by atoms with Crippen LogP contribution in [0, 0.1) is 13.8 Å². The van der Waals surface area contributed by atoms with E-state index in [1.807, 2.05) is 37.3 Å². The van der Waals surface area contributed by atoms with Crippen LogP contribution < -0.4 is 20.8 Å². The summed E-state index contributed by atoms with van der Waals surface area (Å²) in [6, 6.07) is 13.3. The lowest BCUT2D eigenvalue weighted by atomic mass is 10.1. The summed E-state index contributed by atoms with van der Waals surface area (Å²) < 4.78 is 10.9. The molecule has 1 N–H and O–H groups in total. The Balaban J connectivity index is 1.62. The second-order valence-electron chi connectivity index (χ2n) is 7.11. The average Bonchev–Trinajstić information content (AvgIpc) is 2.71. The van der Waals surface area contributed by atoms with Crippen molar-refractivity contribution < 1.29 is 23.8 Å². The smallest absolute Gasteiger partial charge is 0.336 e. The number of hydrogen-bond acceptors (Lipinski definition) is 7. The molecule has 0 saturated heterocycles. The normalized spacial score (nSPS) is 11.8. The van der Waals surface area contributed by atoms with Crippen LogP contribution in [0.5, 0.6) is 5.75 Å². The number of hydrogen-bond donors (Lipinski definition) is 1. The molecule has 0 bridgehead atoms. The van der Waals surface area contributed by atoms with Gasteiger partial charge >= 0.3 is 5.63 Å². The second-order valence-corrected chi connectivity index (χ2v) is 8.14. The standard InChI is InChI=1S/C23H23NO6S/c1-14-8-18(22-15(2)10-21(26)30-19(22)9-14)29-11-20(25)24-17(23(27)28)13-31-12-16-6-4-3-5-7-16/h3-10,17H,11-13H2,1-2H3,(H,24,25)(H,27,28)/p-1/t17-/m0/s1. The molecule has 2 aromatic carbocycles. The quantitative estimate of drug-likeness (QED) is 0.507. The van der Waals surface area contributed by atoms with Crippen molar-refractivity contribution >= 4 is 34.6 Å². The fourth-order valence-electron chi connectivity index (χ4n) is 3.11. The third-order valence-corrected chi connectivity index (χ3v) is 5.63. The zero-order valence-corrected chi connectivity index (χ0v) is 18.0. The van der Waals surface area contributed by atoms with Gasteiger partial charge in [-0.2, -0.15) is 11.8 Å². The van der Waals surface area contributed by atoms with E-state index in [4.69, 9.17) is 9.15 Å². The lowest BCUT2D eigenvalue weighted by Gasteiger charge is -2.20. The number of aryl methyl sites for hydroxylation is 2. The maximum absolute atomic E-state index is 12.3. The van der Waals surface area contributed by atoms with E-state index >= 15 is 0 Å². The second kappa shape index (κ2) is 10.2. The van der Waals surface area contributed by atoms with Gasteiger partial charge in [0, 0.05) is 17.6 Å². The lowest BCUT2D eigenvalue weighted by Crippen LogP contribution is -2.50. The van der Waals surface area contributed by atoms with Crippen LogP contribution in [0.4, 0.5) is 0 Å². The minimum Gasteiger partial charge on any atom is -0.548 e. The SMILES string of the molecule is Cc1cc(OCC(=O)N[C@@H](CSCc2ccccc2)C(=O)[O-])c2c(C)cc(=O)oc2c1. The highest BCUT2D eigenvalue weighted by atomic mass is 32.2. The Kier molecular flexibility index (Phi) is 7.36. The third kappa shape index (κ3) is 6.11. The van der Waals surface area contributed by atoms with Gasteiger partial charge in [0.05, 0.1) is 17.4 Å². The number of carbonyl (C=O) groups excluding carboxylic acids is 2. The first kappa shape index (κ1) is 22.4. The van der Waals surface area contributed by atoms with Crippen molar-refractivity contribution in [3.05, 3.63) is 75.6 Å². The van der Waals surface area contributed by atoms with E-state index in [9.17, 15) is 19.5 Å². The van der Waals surface area contributed by atoms with E-state index in [1.165, 1.54) is 17.8 Å². The number of nitrogens with one attached hydrogen (secondary N) is 1. The number of rotatable bonds is 9. The van der Waals surface area contributed by atoms with Gasteiger partial charge in [-0.1, -0.05) is 30.3 Å². The summed E-state index contributed by atoms with van der Waals surface area (Å²) in [4.78, 5) is 35.4. The predicted octanol–water partition coefficient (Wildman–Crippen LogP) is 1.96. The van der Waals surface area contributed by atoms with Crippen LogP contribution >= 0.6 is 11.8 Å². The Morgan fingerprint density at radius 1 is 1.16 bits per heavy atom. The topological polar surface area (TPSA) is 109 Å². The molecule has 0 spiro atoms. The first-order valence-electron chi connectivity index (χ1n) is 9.63. The fourth-order valence-corrected chi connectivity index (χ4v) is 4.11. The van der Waals surface area contributed by atoms with Gasteiger partial charge in [0.25, 0.3) is 5.91 Å². The highest BCUT2D eigenvalue weighted by Gasteiger charge is 2.16. The van der Waals surface area contributed by atoms with Crippen LogP contribution in [0.15, 0.2) is 57.7 Å². The molecule has 7 nitrogen and oxygen atoms in total. The molecular weight excluding hydrogens is 418 g/mol. The molecule has 1 heterocycles. The number of ether oxygens (including phenoxy) is 1. The number of fused-ring (bicyclic) bond motifs is 1. The molecule has 0 aliphatic heterocycles. The van der Waals surface area contributed by atoms with Gasteiger partial charge in [0.2, 0.25) is 0 Å². The third-order valence-electron chi connectivity index (χ3n) is 4.52. The monoisotopic (exact) mass is 440 g/mol. The first-order chi connectivity index (χ1) is 14.8. The average molecular weight is 440 g/mol. The highest BCUT2D eigenvalue weighted by molar-refractivity contribution is 7.98. The molecule has 3 rings (SSSR count). The van der Waals surface area contributed by atoms with E-state index in [-0.39, 0.29) is 12.4 Å². The van der Waals surface area contributed by atoms with E-state index in [0.29, 0.717) is 28.0 Å². The molecule has 0 fully saturated rings. The van der Waals surface area contributed by atoms with E-state index in [2.05, 4.69) is 5.32 Å². The number of amides is 1. The molecule has 3 aromatic rings. The summed E-state index contributed by atoms with van der Waals surface area (Å²) in [5.41, 5.74) is 2.41. The number of aliphatic carboxylic acids is 1. The van der Waals surface area contributed by atoms with Crippen LogP contribution in [0.25, 0.3) is 11.0 Å². The summed E-state index contributed by atoms with van der Waals surface area (Å²) in [5, 5.41) is 14.5. The van der Waals surface area contributed by atoms with Crippen LogP contribution in [-0.2, 0) is 15.3 Å². The van der Waals surface area contributed by atoms with Gasteiger partial charge < -0.3 is 24.4 Å². The maximum atomic E-state index is 12.3. The van der Waals surface area contributed by atoms with Gasteiger partial charge in [-0.3, -0.25) is 4.79 Å². The van der Waals surface area contributed by atoms with Crippen molar-refractivity contribution in [1.82, 2.24) is 5.32 Å². The predicted molar refractivity (Wildman–Crippen MR) is 117 cm³/mol. The zero-order valence-electron chi connectivity index (χ0n) is 17.2. The molecular formula is C23H22NO6S-.